The van der Waals surface area contributed by atoms with Crippen molar-refractivity contribution in [2.45, 2.75) is 24.9 Å². The average Bonchev–Trinajstić information content (AvgIpc) is 3.08. The number of anilines is 2. The number of carbonyl (C=O) groups is 1. The van der Waals surface area contributed by atoms with Gasteiger partial charge >= 0.3 is 0 Å². The Kier molecular flexibility index (Phi) is 4.94. The van der Waals surface area contributed by atoms with Crippen LogP contribution in [0.4, 0.5) is 11.5 Å². The smallest absolute Gasteiger partial charge is 0.235 e. The molecule has 1 N–H and O–H groups in total. The molecule has 1 amide bonds. The summed E-state index contributed by atoms with van der Waals surface area (Å²) in [6, 6.07) is 13.6. The van der Waals surface area contributed by atoms with Crippen molar-refractivity contribution in [1.29, 1.82) is 0 Å². The molecule has 2 aliphatic rings. The molecule has 0 aliphatic carbocycles. The van der Waals surface area contributed by atoms with Gasteiger partial charge in [0.1, 0.15) is 12.4 Å². The predicted octanol–water partition coefficient (Wildman–Crippen LogP) is 3.55. The van der Waals surface area contributed by atoms with Gasteiger partial charge in [0.05, 0.1) is 12.5 Å². The summed E-state index contributed by atoms with van der Waals surface area (Å²) in [4.78, 5) is 23.8. The lowest BCUT2D eigenvalue weighted by atomic mass is 9.73. The molecule has 0 unspecified atom stereocenters. The summed E-state index contributed by atoms with van der Waals surface area (Å²) >= 11 is 0. The van der Waals surface area contributed by atoms with E-state index in [4.69, 9.17) is 9.47 Å². The first-order chi connectivity index (χ1) is 15.2. The van der Waals surface area contributed by atoms with Crippen LogP contribution < -0.4 is 19.7 Å². The van der Waals surface area contributed by atoms with Gasteiger partial charge in [-0.05, 0) is 54.3 Å². The number of methoxy groups -OCH3 is 1. The molecule has 1 saturated heterocycles. The Balaban J connectivity index is 1.39. The first-order valence-electron chi connectivity index (χ1n) is 10.4. The second kappa shape index (κ2) is 7.91. The fraction of sp³-hybridized carbons (Fsp3) is 0.292. The van der Waals surface area contributed by atoms with Crippen molar-refractivity contribution >= 4 is 17.4 Å². The van der Waals surface area contributed by atoms with Crippen LogP contribution in [0, 0.1) is 0 Å². The third-order valence-electron chi connectivity index (χ3n) is 6.24. The van der Waals surface area contributed by atoms with Gasteiger partial charge in [0, 0.05) is 43.4 Å². The SMILES string of the molecule is COc1cc2c(cc1OCc1ccncc1)NC(=O)C21CCN(c2ccccn2)CC1. The highest BCUT2D eigenvalue weighted by Gasteiger charge is 2.49. The van der Waals surface area contributed by atoms with Gasteiger partial charge in [-0.1, -0.05) is 6.07 Å². The molecule has 31 heavy (non-hydrogen) atoms. The van der Waals surface area contributed by atoms with Crippen molar-refractivity contribution in [3.05, 3.63) is 72.2 Å². The molecule has 7 heteroatoms. The van der Waals surface area contributed by atoms with Gasteiger partial charge in [0.15, 0.2) is 11.5 Å². The Morgan fingerprint density at radius 3 is 2.58 bits per heavy atom. The fourth-order valence-corrected chi connectivity index (χ4v) is 4.49. The number of ether oxygens (including phenoxy) is 2. The van der Waals surface area contributed by atoms with Crippen molar-refractivity contribution in [2.24, 2.45) is 0 Å². The number of carbonyl (C=O) groups excluding carboxylic acids is 1. The highest BCUT2D eigenvalue weighted by atomic mass is 16.5. The number of amides is 1. The maximum atomic E-state index is 13.1. The topological polar surface area (TPSA) is 76.6 Å². The maximum Gasteiger partial charge on any atom is 0.235 e. The van der Waals surface area contributed by atoms with Crippen LogP contribution in [0.1, 0.15) is 24.0 Å². The second-order valence-electron chi connectivity index (χ2n) is 7.90. The highest BCUT2D eigenvalue weighted by Crippen LogP contribution is 2.49. The summed E-state index contributed by atoms with van der Waals surface area (Å²) in [7, 11) is 1.63. The van der Waals surface area contributed by atoms with E-state index in [1.54, 1.807) is 25.7 Å². The fourth-order valence-electron chi connectivity index (χ4n) is 4.49. The molecular formula is C24H24N4O3. The molecule has 0 saturated carbocycles. The Morgan fingerprint density at radius 1 is 1.06 bits per heavy atom. The third kappa shape index (κ3) is 3.46. The van der Waals surface area contributed by atoms with Crippen LogP contribution in [-0.2, 0) is 16.8 Å². The van der Waals surface area contributed by atoms with E-state index in [9.17, 15) is 4.79 Å². The summed E-state index contributed by atoms with van der Waals surface area (Å²) < 4.78 is 11.6. The van der Waals surface area contributed by atoms with Gasteiger partial charge in [0.25, 0.3) is 0 Å². The molecule has 3 aromatic rings. The number of benzene rings is 1. The van der Waals surface area contributed by atoms with Crippen LogP contribution in [0.5, 0.6) is 11.5 Å². The van der Waals surface area contributed by atoms with E-state index in [-0.39, 0.29) is 5.91 Å². The molecule has 7 nitrogen and oxygen atoms in total. The molecule has 0 bridgehead atoms. The lowest BCUT2D eigenvalue weighted by Crippen LogP contribution is -2.46. The maximum absolute atomic E-state index is 13.1. The van der Waals surface area contributed by atoms with Crippen LogP contribution in [0.3, 0.4) is 0 Å². The molecule has 1 fully saturated rings. The zero-order chi connectivity index (χ0) is 21.3. The molecule has 4 heterocycles. The van der Waals surface area contributed by atoms with Crippen LogP contribution in [-0.4, -0.2) is 36.1 Å². The van der Waals surface area contributed by atoms with Gasteiger partial charge in [0.2, 0.25) is 5.91 Å². The molecule has 0 atom stereocenters. The van der Waals surface area contributed by atoms with E-state index in [2.05, 4.69) is 20.2 Å². The number of fused-ring (bicyclic) bond motifs is 2. The van der Waals surface area contributed by atoms with Crippen LogP contribution in [0.25, 0.3) is 0 Å². The molecule has 5 rings (SSSR count). The number of piperidine rings is 1. The standard InChI is InChI=1S/C24H24N4O3/c1-30-20-14-18-19(15-21(20)31-16-17-5-10-25-11-6-17)27-23(29)24(18)7-12-28(13-8-24)22-4-2-3-9-26-22/h2-6,9-11,14-15H,7-8,12-13,16H2,1H3,(H,27,29). The number of nitrogens with zero attached hydrogens (tertiary/aromatic N) is 3. The molecule has 1 spiro atoms. The minimum Gasteiger partial charge on any atom is -0.493 e. The predicted molar refractivity (Wildman–Crippen MR) is 118 cm³/mol. The molecule has 158 valence electrons. The Hall–Kier alpha value is -3.61. The van der Waals surface area contributed by atoms with Crippen LogP contribution >= 0.6 is 0 Å². The number of rotatable bonds is 5. The lowest BCUT2D eigenvalue weighted by molar-refractivity contribution is -0.121. The average molecular weight is 416 g/mol. The van der Waals surface area contributed by atoms with E-state index in [0.29, 0.717) is 18.1 Å². The summed E-state index contributed by atoms with van der Waals surface area (Å²) in [6.07, 6.45) is 6.72. The van der Waals surface area contributed by atoms with E-state index in [1.807, 2.05) is 42.5 Å². The number of hydrogen-bond donors (Lipinski definition) is 1. The van der Waals surface area contributed by atoms with E-state index < -0.39 is 5.41 Å². The van der Waals surface area contributed by atoms with Gasteiger partial charge in [-0.15, -0.1) is 0 Å². The summed E-state index contributed by atoms with van der Waals surface area (Å²) in [5.74, 6) is 2.25. The molecule has 2 aliphatic heterocycles. The van der Waals surface area contributed by atoms with Crippen molar-refractivity contribution in [2.75, 3.05) is 30.4 Å². The lowest BCUT2D eigenvalue weighted by Gasteiger charge is -2.38. The minimum absolute atomic E-state index is 0.0523. The third-order valence-corrected chi connectivity index (χ3v) is 6.24. The molecule has 2 aromatic heterocycles. The number of pyridine rings is 2. The largest absolute Gasteiger partial charge is 0.493 e. The number of aromatic nitrogens is 2. The van der Waals surface area contributed by atoms with Gasteiger partial charge < -0.3 is 19.7 Å². The van der Waals surface area contributed by atoms with Crippen molar-refractivity contribution < 1.29 is 14.3 Å². The summed E-state index contributed by atoms with van der Waals surface area (Å²) in [5, 5.41) is 3.08. The zero-order valence-corrected chi connectivity index (χ0v) is 17.4. The first-order valence-corrected chi connectivity index (χ1v) is 10.4. The number of hydrogen-bond acceptors (Lipinski definition) is 6. The molecule has 0 radical (unpaired) electrons. The second-order valence-corrected chi connectivity index (χ2v) is 7.90. The molecule has 1 aromatic carbocycles. The van der Waals surface area contributed by atoms with Gasteiger partial charge in [-0.3, -0.25) is 9.78 Å². The van der Waals surface area contributed by atoms with Crippen molar-refractivity contribution in [3.8, 4) is 11.5 Å². The first kappa shape index (κ1) is 19.4. The zero-order valence-electron chi connectivity index (χ0n) is 17.4. The van der Waals surface area contributed by atoms with Crippen LogP contribution in [0.2, 0.25) is 0 Å². The highest BCUT2D eigenvalue weighted by molar-refractivity contribution is 6.07. The number of nitrogens with one attached hydrogen (secondary N) is 1. The minimum atomic E-state index is -0.544. The van der Waals surface area contributed by atoms with Crippen LogP contribution in [0.15, 0.2) is 61.1 Å². The van der Waals surface area contributed by atoms with Crippen molar-refractivity contribution in [1.82, 2.24) is 9.97 Å². The van der Waals surface area contributed by atoms with E-state index in [0.717, 1.165) is 48.6 Å². The normalized spacial score (nSPS) is 16.7. The summed E-state index contributed by atoms with van der Waals surface area (Å²) in [5.41, 5.74) is 2.27. The van der Waals surface area contributed by atoms with E-state index in [1.165, 1.54) is 0 Å². The van der Waals surface area contributed by atoms with Gasteiger partial charge in [-0.2, -0.15) is 0 Å². The Morgan fingerprint density at radius 2 is 1.87 bits per heavy atom. The summed E-state index contributed by atoms with van der Waals surface area (Å²) in [6.45, 7) is 1.94. The monoisotopic (exact) mass is 416 g/mol. The quantitative estimate of drug-likeness (QED) is 0.686. The van der Waals surface area contributed by atoms with Crippen molar-refractivity contribution in [3.63, 3.8) is 0 Å². The Labute approximate surface area is 181 Å². The van der Waals surface area contributed by atoms with Gasteiger partial charge in [-0.25, -0.2) is 4.98 Å². The molecular weight excluding hydrogens is 392 g/mol. The van der Waals surface area contributed by atoms with E-state index >= 15 is 0 Å². The Bertz CT molecular complexity index is 1080.